The van der Waals surface area contributed by atoms with Gasteiger partial charge in [0, 0.05) is 5.56 Å². The lowest BCUT2D eigenvalue weighted by atomic mass is 10.1. The zero-order valence-corrected chi connectivity index (χ0v) is 11.0. The number of carbonyl (C=O) groups is 1. The molecule has 2 rings (SSSR count). The Bertz CT molecular complexity index is 590. The fourth-order valence-electron chi connectivity index (χ4n) is 1.78. The van der Waals surface area contributed by atoms with Gasteiger partial charge in [-0.15, -0.1) is 0 Å². The number of hydrogen-bond acceptors (Lipinski definition) is 5. The molecule has 0 bridgehead atoms. The van der Waals surface area contributed by atoms with Crippen molar-refractivity contribution in [1.29, 1.82) is 0 Å². The molecule has 0 aliphatic carbocycles. The minimum absolute atomic E-state index is 0. The van der Waals surface area contributed by atoms with Gasteiger partial charge < -0.3 is 34.4 Å². The molecule has 2 atom stereocenters. The second kappa shape index (κ2) is 4.50. The van der Waals surface area contributed by atoms with E-state index in [1.807, 2.05) is 0 Å². The molecule has 1 heterocycles. The van der Waals surface area contributed by atoms with Crippen molar-refractivity contribution in [2.45, 2.75) is 5.08 Å². The first-order chi connectivity index (χ1) is 8.11. The highest BCUT2D eigenvalue weighted by Crippen LogP contribution is 2.75. The van der Waals surface area contributed by atoms with Gasteiger partial charge in [-0.2, -0.15) is 0 Å². The molecule has 9 nitrogen and oxygen atoms in total. The number of esters is 1. The van der Waals surface area contributed by atoms with E-state index in [4.69, 9.17) is 14.7 Å². The summed E-state index contributed by atoms with van der Waals surface area (Å²) in [5.41, 5.74) is -0.880. The summed E-state index contributed by atoms with van der Waals surface area (Å²) >= 11 is 0. The van der Waals surface area contributed by atoms with Crippen molar-refractivity contribution in [2.24, 2.45) is 0 Å². The Morgan fingerprint density at radius 3 is 2.16 bits per heavy atom. The quantitative estimate of drug-likeness (QED) is 0.345. The molecular weight excluding hydrogens is 302 g/mol. The third-order valence-corrected chi connectivity index (χ3v) is 6.27. The van der Waals surface area contributed by atoms with Crippen LogP contribution in [0, 0.1) is 0 Å². The first kappa shape index (κ1) is 16.0. The molecule has 106 valence electrons. The monoisotopic (exact) mass is 312 g/mol. The zero-order chi connectivity index (χ0) is 13.8. The van der Waals surface area contributed by atoms with Crippen LogP contribution in [-0.4, -0.2) is 20.6 Å². The Kier molecular flexibility index (Phi) is 3.79. The van der Waals surface area contributed by atoms with Crippen LogP contribution in [0.5, 0.6) is 0 Å². The maximum absolute atomic E-state index is 11.4. The summed E-state index contributed by atoms with van der Waals surface area (Å²) in [5.74, 6) is -1.22. The third-order valence-electron chi connectivity index (χ3n) is 2.51. The molecule has 0 radical (unpaired) electrons. The molecule has 0 aromatic heterocycles. The standard InChI is InChI=1S/C8H8O8P2.H2O/c9-7-5-3-1-2-4-6(5)8(16-7,17(10,11)12)18(13,14)15;/h1-4H,(H2,10,11,12)(H2,13,14,15);1H2. The lowest BCUT2D eigenvalue weighted by molar-refractivity contribution is -0.206. The van der Waals surface area contributed by atoms with E-state index in [1.54, 1.807) is 0 Å². The fraction of sp³-hybridized carbons (Fsp3) is 0.125. The van der Waals surface area contributed by atoms with Gasteiger partial charge in [0.05, 0.1) is 5.56 Å². The molecule has 1 aromatic rings. The average molecular weight is 312 g/mol. The minimum Gasteiger partial charge on any atom is -0.775 e. The van der Waals surface area contributed by atoms with Gasteiger partial charge in [0.15, 0.2) is 7.60 Å². The molecule has 6 N–H and O–H groups in total. The third kappa shape index (κ3) is 2.05. The van der Waals surface area contributed by atoms with Gasteiger partial charge in [-0.05, 0) is 6.07 Å². The second-order valence-electron chi connectivity index (χ2n) is 3.61. The van der Waals surface area contributed by atoms with Gasteiger partial charge >= 0.3 is 13.6 Å². The summed E-state index contributed by atoms with van der Waals surface area (Å²) in [7, 11) is -11.2. The van der Waals surface area contributed by atoms with E-state index >= 15 is 0 Å². The van der Waals surface area contributed by atoms with Crippen molar-refractivity contribution < 1.29 is 43.7 Å². The molecule has 0 saturated carbocycles. The lowest BCUT2D eigenvalue weighted by Crippen LogP contribution is -2.31. The van der Waals surface area contributed by atoms with Crippen LogP contribution < -0.4 is 4.89 Å². The Hall–Kier alpha value is -1.05. The largest absolute Gasteiger partial charge is 0.775 e. The molecule has 19 heavy (non-hydrogen) atoms. The van der Waals surface area contributed by atoms with Crippen LogP contribution in [-0.2, 0) is 24.4 Å². The Morgan fingerprint density at radius 1 is 1.16 bits per heavy atom. The number of cyclic esters (lactones) is 1. The lowest BCUT2D eigenvalue weighted by Gasteiger charge is -2.36. The highest BCUT2D eigenvalue weighted by atomic mass is 31.2. The van der Waals surface area contributed by atoms with Crippen LogP contribution in [0.3, 0.4) is 0 Å². The highest BCUT2D eigenvalue weighted by Gasteiger charge is 2.64. The van der Waals surface area contributed by atoms with E-state index in [0.29, 0.717) is 0 Å². The molecule has 1 aliphatic rings. The average Bonchev–Trinajstić information content (AvgIpc) is 2.52. The van der Waals surface area contributed by atoms with Crippen LogP contribution in [0.25, 0.3) is 0 Å². The molecule has 0 saturated heterocycles. The normalized spacial score (nSPS) is 24.9. The molecule has 1 aromatic carbocycles. The first-order valence-corrected chi connectivity index (χ1v) is 7.72. The fourth-order valence-corrected chi connectivity index (χ4v) is 4.50. The number of hydrogen-bond donors (Lipinski definition) is 3. The van der Waals surface area contributed by atoms with Crippen molar-refractivity contribution in [3.63, 3.8) is 0 Å². The Labute approximate surface area is 106 Å². The van der Waals surface area contributed by atoms with E-state index in [9.17, 15) is 18.8 Å². The predicted molar refractivity (Wildman–Crippen MR) is 60.3 cm³/mol. The SMILES string of the molecule is O=C1O[C@](P(=O)([O-])O)(P(=O)(O)O)c2ccccc21.[OH3+]. The summed E-state index contributed by atoms with van der Waals surface area (Å²) in [6, 6.07) is 4.77. The Balaban J connectivity index is 0.00000180. The van der Waals surface area contributed by atoms with E-state index in [-0.39, 0.29) is 11.0 Å². The number of rotatable bonds is 2. The molecule has 1 aliphatic heterocycles. The smallest absolute Gasteiger partial charge is 0.382 e. The Morgan fingerprint density at radius 2 is 1.68 bits per heavy atom. The number of benzene rings is 1. The van der Waals surface area contributed by atoms with Crippen molar-refractivity contribution in [2.75, 3.05) is 0 Å². The molecular formula is C8H10O9P2. The van der Waals surface area contributed by atoms with E-state index in [2.05, 4.69) is 4.74 Å². The first-order valence-electron chi connectivity index (χ1n) is 4.53. The van der Waals surface area contributed by atoms with Gasteiger partial charge in [0.25, 0.3) is 5.08 Å². The van der Waals surface area contributed by atoms with Gasteiger partial charge in [-0.25, -0.2) is 4.79 Å². The molecule has 11 heteroatoms. The van der Waals surface area contributed by atoms with E-state index < -0.39 is 31.8 Å². The van der Waals surface area contributed by atoms with Gasteiger partial charge in [-0.3, -0.25) is 4.57 Å². The molecule has 1 unspecified atom stereocenters. The summed E-state index contributed by atoms with van der Waals surface area (Å²) in [4.78, 5) is 50.2. The molecule has 0 amide bonds. The maximum Gasteiger partial charge on any atom is 0.382 e. The molecule has 0 fully saturated rings. The van der Waals surface area contributed by atoms with Crippen LogP contribution in [0.15, 0.2) is 24.3 Å². The number of fused-ring (bicyclic) bond motifs is 1. The van der Waals surface area contributed by atoms with Crippen LogP contribution in [0.1, 0.15) is 15.9 Å². The van der Waals surface area contributed by atoms with Gasteiger partial charge in [0.1, 0.15) is 0 Å². The second-order valence-corrected chi connectivity index (χ2v) is 7.35. The van der Waals surface area contributed by atoms with Crippen molar-refractivity contribution in [3.8, 4) is 0 Å². The van der Waals surface area contributed by atoms with E-state index in [0.717, 1.165) is 12.1 Å². The van der Waals surface area contributed by atoms with Gasteiger partial charge in [0.2, 0.25) is 0 Å². The van der Waals surface area contributed by atoms with Crippen molar-refractivity contribution in [3.05, 3.63) is 35.4 Å². The summed E-state index contributed by atoms with van der Waals surface area (Å²) in [6.07, 6.45) is 0. The zero-order valence-electron chi connectivity index (χ0n) is 9.16. The van der Waals surface area contributed by atoms with Crippen LogP contribution in [0.4, 0.5) is 0 Å². The van der Waals surface area contributed by atoms with Crippen molar-refractivity contribution in [1.82, 2.24) is 0 Å². The molecule has 0 spiro atoms. The number of ether oxygens (including phenoxy) is 1. The van der Waals surface area contributed by atoms with Crippen molar-refractivity contribution >= 4 is 21.2 Å². The van der Waals surface area contributed by atoms with Crippen LogP contribution in [0.2, 0.25) is 0 Å². The van der Waals surface area contributed by atoms with Crippen LogP contribution >= 0.6 is 15.2 Å². The van der Waals surface area contributed by atoms with Gasteiger partial charge in [-0.1, -0.05) is 18.2 Å². The number of carbonyl (C=O) groups excluding carboxylic acids is 1. The van der Waals surface area contributed by atoms with E-state index in [1.165, 1.54) is 12.1 Å². The predicted octanol–water partition coefficient (Wildman–Crippen LogP) is -1.23. The highest BCUT2D eigenvalue weighted by molar-refractivity contribution is 7.70. The summed E-state index contributed by atoms with van der Waals surface area (Å²) in [6.45, 7) is 0. The topological polar surface area (TPSA) is 177 Å². The summed E-state index contributed by atoms with van der Waals surface area (Å²) in [5, 5.41) is -3.35. The minimum atomic E-state index is -5.69. The maximum atomic E-state index is 11.4. The summed E-state index contributed by atoms with van der Waals surface area (Å²) < 4.78 is 27.0.